The highest BCUT2D eigenvalue weighted by Gasteiger charge is 2.21. The summed E-state index contributed by atoms with van der Waals surface area (Å²) in [6.45, 7) is 0.0516. The van der Waals surface area contributed by atoms with E-state index < -0.39 is 10.9 Å². The van der Waals surface area contributed by atoms with Gasteiger partial charge in [0, 0.05) is 26.8 Å². The summed E-state index contributed by atoms with van der Waals surface area (Å²) in [5, 5.41) is 12.3. The van der Waals surface area contributed by atoms with E-state index in [1.807, 2.05) is 0 Å². The van der Waals surface area contributed by atoms with Crippen LogP contribution >= 0.6 is 46.6 Å². The average Bonchev–Trinajstić information content (AvgIpc) is 2.54. The average molecular weight is 407 g/mol. The highest BCUT2D eigenvalue weighted by atomic mass is 35.5. The van der Waals surface area contributed by atoms with E-state index in [9.17, 15) is 14.9 Å². The normalized spacial score (nSPS) is 10.5. The molecule has 0 atom stereocenters. The Bertz CT molecular complexity index is 785. The maximum Gasteiger partial charge on any atom is 0.345 e. The zero-order valence-electron chi connectivity index (χ0n) is 12.0. The number of benzene rings is 2. The van der Waals surface area contributed by atoms with Gasteiger partial charge >= 0.3 is 5.97 Å². The molecule has 5 nitrogen and oxygen atoms in total. The summed E-state index contributed by atoms with van der Waals surface area (Å²) in [5.74, 6) is -0.387. The number of carbonyl (C=O) groups is 1. The number of thioether (sulfide) groups is 1. The van der Waals surface area contributed by atoms with Gasteiger partial charge in [-0.15, -0.1) is 11.8 Å². The molecule has 0 aliphatic rings. The first-order valence-corrected chi connectivity index (χ1v) is 8.69. The van der Waals surface area contributed by atoms with Crippen LogP contribution in [0.15, 0.2) is 41.3 Å². The molecule has 0 amide bonds. The van der Waals surface area contributed by atoms with Crippen molar-refractivity contribution in [2.45, 2.75) is 4.90 Å². The number of nitro groups is 1. The predicted molar refractivity (Wildman–Crippen MR) is 95.6 cm³/mol. The van der Waals surface area contributed by atoms with E-state index in [4.69, 9.17) is 39.5 Å². The summed E-state index contributed by atoms with van der Waals surface area (Å²) in [4.78, 5) is 23.1. The topological polar surface area (TPSA) is 69.4 Å². The molecule has 0 heterocycles. The fourth-order valence-corrected chi connectivity index (χ4v) is 3.28. The Kier molecular flexibility index (Phi) is 6.74. The molecule has 0 saturated carbocycles. The molecule has 0 fully saturated rings. The van der Waals surface area contributed by atoms with Crippen LogP contribution < -0.4 is 0 Å². The lowest BCUT2D eigenvalue weighted by Crippen LogP contribution is -2.10. The molecule has 24 heavy (non-hydrogen) atoms. The number of halogens is 3. The molecule has 2 aromatic rings. The van der Waals surface area contributed by atoms with Crippen molar-refractivity contribution in [2.75, 3.05) is 12.4 Å². The molecule has 0 aliphatic heterocycles. The lowest BCUT2D eigenvalue weighted by Gasteiger charge is -2.07. The second kappa shape index (κ2) is 8.58. The third-order valence-electron chi connectivity index (χ3n) is 2.84. The number of ether oxygens (including phenoxy) is 1. The minimum atomic E-state index is -0.804. The minimum Gasteiger partial charge on any atom is -0.461 e. The van der Waals surface area contributed by atoms with Gasteiger partial charge in [0.15, 0.2) is 0 Å². The maximum atomic E-state index is 12.0. The minimum absolute atomic E-state index is 0.0516. The van der Waals surface area contributed by atoms with E-state index in [2.05, 4.69) is 0 Å². The van der Waals surface area contributed by atoms with Crippen molar-refractivity contribution >= 4 is 58.2 Å². The van der Waals surface area contributed by atoms with E-state index in [-0.39, 0.29) is 22.9 Å². The number of nitro benzene ring substituents is 1. The van der Waals surface area contributed by atoms with Crippen molar-refractivity contribution in [3.05, 3.63) is 67.1 Å². The fourth-order valence-electron chi connectivity index (χ4n) is 1.78. The maximum absolute atomic E-state index is 12.0. The molecule has 0 saturated heterocycles. The monoisotopic (exact) mass is 405 g/mol. The van der Waals surface area contributed by atoms with Gasteiger partial charge in [0.2, 0.25) is 0 Å². The molecule has 0 N–H and O–H groups in total. The van der Waals surface area contributed by atoms with Crippen molar-refractivity contribution in [1.29, 1.82) is 0 Å². The van der Waals surface area contributed by atoms with Crippen molar-refractivity contribution in [2.24, 2.45) is 0 Å². The van der Waals surface area contributed by atoms with Gasteiger partial charge in [-0.25, -0.2) is 4.79 Å². The first-order chi connectivity index (χ1) is 11.4. The number of nitrogens with zero attached hydrogens (tertiary/aromatic N) is 1. The third-order valence-corrected chi connectivity index (χ3v) is 4.77. The quantitative estimate of drug-likeness (QED) is 0.208. The van der Waals surface area contributed by atoms with Crippen molar-refractivity contribution in [1.82, 2.24) is 0 Å². The lowest BCUT2D eigenvalue weighted by molar-refractivity contribution is -0.385. The van der Waals surface area contributed by atoms with Gasteiger partial charge in [-0.2, -0.15) is 0 Å². The first kappa shape index (κ1) is 18.9. The molecule has 0 bridgehead atoms. The molecule has 0 unspecified atom stereocenters. The van der Waals surface area contributed by atoms with Crippen LogP contribution in [0.3, 0.4) is 0 Å². The fraction of sp³-hybridized carbons (Fsp3) is 0.133. The largest absolute Gasteiger partial charge is 0.461 e. The highest BCUT2D eigenvalue weighted by molar-refractivity contribution is 7.99. The molecule has 2 aromatic carbocycles. The van der Waals surface area contributed by atoms with Crippen LogP contribution in [-0.4, -0.2) is 23.3 Å². The smallest absolute Gasteiger partial charge is 0.345 e. The van der Waals surface area contributed by atoms with Crippen molar-refractivity contribution in [3.63, 3.8) is 0 Å². The molecular formula is C15H10Cl3NO4S. The van der Waals surface area contributed by atoms with Crippen LogP contribution in [0.2, 0.25) is 15.1 Å². The van der Waals surface area contributed by atoms with E-state index in [1.165, 1.54) is 30.0 Å². The number of rotatable bonds is 6. The predicted octanol–water partition coefficient (Wildman–Crippen LogP) is 5.50. The van der Waals surface area contributed by atoms with Crippen LogP contribution in [0.5, 0.6) is 0 Å². The molecule has 2 rings (SSSR count). The Morgan fingerprint density at radius 2 is 1.79 bits per heavy atom. The number of esters is 1. The second-order valence-corrected chi connectivity index (χ2v) is 6.89. The number of hydrogen-bond donors (Lipinski definition) is 0. The third kappa shape index (κ3) is 5.01. The zero-order valence-corrected chi connectivity index (χ0v) is 15.1. The SMILES string of the molecule is O=C(OCCSc1cc(Cl)ccc1Cl)c1cc(Cl)ccc1[N+](=O)[O-]. The van der Waals surface area contributed by atoms with Gasteiger partial charge in [-0.05, 0) is 30.3 Å². The molecular weight excluding hydrogens is 397 g/mol. The summed E-state index contributed by atoms with van der Waals surface area (Å²) >= 11 is 19.1. The van der Waals surface area contributed by atoms with Gasteiger partial charge in [0.05, 0.1) is 9.95 Å². The molecule has 9 heteroatoms. The van der Waals surface area contributed by atoms with E-state index in [1.54, 1.807) is 18.2 Å². The van der Waals surface area contributed by atoms with E-state index in [0.717, 1.165) is 4.90 Å². The summed E-state index contributed by atoms with van der Waals surface area (Å²) < 4.78 is 5.07. The zero-order chi connectivity index (χ0) is 17.7. The molecule has 0 radical (unpaired) electrons. The first-order valence-electron chi connectivity index (χ1n) is 6.57. The molecule has 126 valence electrons. The number of hydrogen-bond acceptors (Lipinski definition) is 5. The van der Waals surface area contributed by atoms with E-state index in [0.29, 0.717) is 15.8 Å². The Morgan fingerprint density at radius 1 is 1.12 bits per heavy atom. The lowest BCUT2D eigenvalue weighted by atomic mass is 10.2. The number of carbonyl (C=O) groups excluding carboxylic acids is 1. The summed E-state index contributed by atoms with van der Waals surface area (Å²) in [6.07, 6.45) is 0. The van der Waals surface area contributed by atoms with Gasteiger partial charge in [-0.1, -0.05) is 34.8 Å². The second-order valence-electron chi connectivity index (χ2n) is 4.48. The van der Waals surface area contributed by atoms with Crippen molar-refractivity contribution < 1.29 is 14.5 Å². The van der Waals surface area contributed by atoms with Gasteiger partial charge in [-0.3, -0.25) is 10.1 Å². The molecule has 0 aromatic heterocycles. The summed E-state index contributed by atoms with van der Waals surface area (Å²) in [7, 11) is 0. The van der Waals surface area contributed by atoms with Gasteiger partial charge in [0.1, 0.15) is 12.2 Å². The Balaban J connectivity index is 1.95. The van der Waals surface area contributed by atoms with Crippen LogP contribution in [0.25, 0.3) is 0 Å². The molecule has 0 spiro atoms. The Hall–Kier alpha value is -1.47. The van der Waals surface area contributed by atoms with Crippen LogP contribution in [0.1, 0.15) is 10.4 Å². The summed E-state index contributed by atoms with van der Waals surface area (Å²) in [5.41, 5.74) is -0.534. The van der Waals surface area contributed by atoms with Gasteiger partial charge in [0.25, 0.3) is 5.69 Å². The standard InChI is InChI=1S/C15H10Cl3NO4S/c16-9-2-4-13(19(21)22)11(7-9)15(20)23-5-6-24-14-8-10(17)1-3-12(14)18/h1-4,7-8H,5-6H2. The van der Waals surface area contributed by atoms with Crippen LogP contribution in [0.4, 0.5) is 5.69 Å². The Morgan fingerprint density at radius 3 is 2.50 bits per heavy atom. The Labute approximate surface area is 157 Å². The van der Waals surface area contributed by atoms with Gasteiger partial charge < -0.3 is 4.74 Å². The van der Waals surface area contributed by atoms with Crippen molar-refractivity contribution in [3.8, 4) is 0 Å². The molecule has 0 aliphatic carbocycles. The summed E-state index contributed by atoms with van der Waals surface area (Å²) in [6, 6.07) is 8.77. The highest BCUT2D eigenvalue weighted by Crippen LogP contribution is 2.30. The van der Waals surface area contributed by atoms with Crippen LogP contribution in [-0.2, 0) is 4.74 Å². The van der Waals surface area contributed by atoms with E-state index >= 15 is 0 Å². The van der Waals surface area contributed by atoms with Crippen LogP contribution in [0, 0.1) is 10.1 Å².